The van der Waals surface area contributed by atoms with Crippen LogP contribution in [0.15, 0.2) is 24.5 Å². The Labute approximate surface area is 118 Å². The van der Waals surface area contributed by atoms with Crippen LogP contribution in [0, 0.1) is 6.92 Å². The van der Waals surface area contributed by atoms with Gasteiger partial charge in [-0.1, -0.05) is 0 Å². The molecule has 4 nitrogen and oxygen atoms in total. The topological polar surface area (TPSA) is 47.1 Å². The van der Waals surface area contributed by atoms with Crippen LogP contribution in [0.2, 0.25) is 0 Å². The third kappa shape index (κ3) is 3.43. The van der Waals surface area contributed by atoms with E-state index < -0.39 is 0 Å². The van der Waals surface area contributed by atoms with Gasteiger partial charge < -0.3 is 5.73 Å². The molecule has 104 valence electrons. The van der Waals surface area contributed by atoms with Crippen molar-refractivity contribution in [2.24, 2.45) is 12.8 Å². The maximum Gasteiger partial charge on any atom is 0.0591 e. The number of likely N-dealkylation sites (N-methyl/N-ethyl adjacent to an activating group) is 1. The van der Waals surface area contributed by atoms with Crippen molar-refractivity contribution >= 4 is 11.3 Å². The molecule has 0 radical (unpaired) electrons. The Morgan fingerprint density at radius 3 is 2.68 bits per heavy atom. The predicted molar refractivity (Wildman–Crippen MR) is 80.1 cm³/mol. The smallest absolute Gasteiger partial charge is 0.0591 e. The van der Waals surface area contributed by atoms with Crippen LogP contribution in [0.1, 0.15) is 28.3 Å². The molecule has 2 unspecified atom stereocenters. The Hall–Kier alpha value is -1.17. The van der Waals surface area contributed by atoms with Crippen LogP contribution in [0.4, 0.5) is 0 Å². The van der Waals surface area contributed by atoms with Gasteiger partial charge in [0.25, 0.3) is 0 Å². The number of thiophene rings is 1. The molecule has 2 rings (SSSR count). The van der Waals surface area contributed by atoms with Gasteiger partial charge in [-0.3, -0.25) is 9.58 Å². The van der Waals surface area contributed by atoms with Gasteiger partial charge in [0.15, 0.2) is 0 Å². The third-order valence-electron chi connectivity index (χ3n) is 3.22. The van der Waals surface area contributed by atoms with Crippen molar-refractivity contribution < 1.29 is 0 Å². The zero-order valence-electron chi connectivity index (χ0n) is 12.0. The number of rotatable bonds is 5. The SMILES string of the molecule is Cc1ccc(C(C(C)N)N(C)Cc2cnn(C)c2)s1. The monoisotopic (exact) mass is 278 g/mol. The van der Waals surface area contributed by atoms with Crippen LogP contribution in [-0.2, 0) is 13.6 Å². The first-order valence-corrected chi connectivity index (χ1v) is 7.28. The van der Waals surface area contributed by atoms with Gasteiger partial charge in [-0.05, 0) is 33.0 Å². The fourth-order valence-corrected chi connectivity index (χ4v) is 3.59. The standard InChI is InChI=1S/C14H22N4S/c1-10-5-6-13(19-10)14(11(2)15)17(3)8-12-7-16-18(4)9-12/h5-7,9,11,14H,8,15H2,1-4H3. The average molecular weight is 278 g/mol. The molecule has 0 fully saturated rings. The summed E-state index contributed by atoms with van der Waals surface area (Å²) in [6.07, 6.45) is 3.96. The third-order valence-corrected chi connectivity index (χ3v) is 4.29. The maximum atomic E-state index is 6.18. The Bertz CT molecular complexity index is 529. The van der Waals surface area contributed by atoms with E-state index in [1.165, 1.54) is 15.3 Å². The number of aromatic nitrogens is 2. The predicted octanol–water partition coefficient (Wildman–Crippen LogP) is 2.31. The molecule has 2 heterocycles. The highest BCUT2D eigenvalue weighted by molar-refractivity contribution is 7.12. The fourth-order valence-electron chi connectivity index (χ4n) is 2.43. The van der Waals surface area contributed by atoms with E-state index in [4.69, 9.17) is 5.73 Å². The largest absolute Gasteiger partial charge is 0.326 e. The molecule has 0 aliphatic heterocycles. The van der Waals surface area contributed by atoms with E-state index in [1.807, 2.05) is 29.3 Å². The summed E-state index contributed by atoms with van der Waals surface area (Å²) < 4.78 is 1.83. The van der Waals surface area contributed by atoms with Crippen molar-refractivity contribution in [3.05, 3.63) is 39.8 Å². The second kappa shape index (κ2) is 5.86. The van der Waals surface area contributed by atoms with Crippen molar-refractivity contribution in [2.45, 2.75) is 32.5 Å². The van der Waals surface area contributed by atoms with E-state index in [1.54, 1.807) is 0 Å². The van der Waals surface area contributed by atoms with Gasteiger partial charge in [-0.2, -0.15) is 5.10 Å². The minimum Gasteiger partial charge on any atom is -0.326 e. The molecule has 2 N–H and O–H groups in total. The molecule has 19 heavy (non-hydrogen) atoms. The average Bonchev–Trinajstić information content (AvgIpc) is 2.88. The molecule has 0 aromatic carbocycles. The molecular weight excluding hydrogens is 256 g/mol. The van der Waals surface area contributed by atoms with E-state index in [9.17, 15) is 0 Å². The second-order valence-electron chi connectivity index (χ2n) is 5.19. The lowest BCUT2D eigenvalue weighted by Gasteiger charge is -2.30. The van der Waals surface area contributed by atoms with Crippen molar-refractivity contribution in [3.63, 3.8) is 0 Å². The second-order valence-corrected chi connectivity index (χ2v) is 6.51. The summed E-state index contributed by atoms with van der Waals surface area (Å²) in [6, 6.07) is 4.69. The van der Waals surface area contributed by atoms with E-state index in [0.717, 1.165) is 6.54 Å². The summed E-state index contributed by atoms with van der Waals surface area (Å²) in [5, 5.41) is 4.21. The van der Waals surface area contributed by atoms with Gasteiger partial charge in [-0.25, -0.2) is 0 Å². The summed E-state index contributed by atoms with van der Waals surface area (Å²) in [7, 11) is 4.06. The van der Waals surface area contributed by atoms with Crippen molar-refractivity contribution in [1.29, 1.82) is 0 Å². The van der Waals surface area contributed by atoms with E-state index in [-0.39, 0.29) is 12.1 Å². The molecule has 0 saturated heterocycles. The molecule has 2 aromatic rings. The van der Waals surface area contributed by atoms with Crippen LogP contribution >= 0.6 is 11.3 Å². The quantitative estimate of drug-likeness (QED) is 0.913. The van der Waals surface area contributed by atoms with Crippen molar-refractivity contribution in [2.75, 3.05) is 7.05 Å². The summed E-state index contributed by atoms with van der Waals surface area (Å²) >= 11 is 1.83. The van der Waals surface area contributed by atoms with Gasteiger partial charge in [0.05, 0.1) is 12.2 Å². The molecule has 0 amide bonds. The van der Waals surface area contributed by atoms with Crippen molar-refractivity contribution in [1.82, 2.24) is 14.7 Å². The summed E-state index contributed by atoms with van der Waals surface area (Å²) in [5.74, 6) is 0. The van der Waals surface area contributed by atoms with E-state index >= 15 is 0 Å². The molecular formula is C14H22N4S. The van der Waals surface area contributed by atoms with Gasteiger partial charge in [0.1, 0.15) is 0 Å². The van der Waals surface area contributed by atoms with Gasteiger partial charge in [-0.15, -0.1) is 11.3 Å². The van der Waals surface area contributed by atoms with Gasteiger partial charge in [0.2, 0.25) is 0 Å². The molecule has 0 bridgehead atoms. The molecule has 2 aromatic heterocycles. The van der Waals surface area contributed by atoms with E-state index in [0.29, 0.717) is 0 Å². The maximum absolute atomic E-state index is 6.18. The summed E-state index contributed by atoms with van der Waals surface area (Å²) in [6.45, 7) is 5.06. The molecule has 0 spiro atoms. The Morgan fingerprint density at radius 2 is 2.21 bits per heavy atom. The number of hydrogen-bond acceptors (Lipinski definition) is 4. The van der Waals surface area contributed by atoms with Crippen LogP contribution in [-0.4, -0.2) is 27.8 Å². The molecule has 0 aliphatic rings. The lowest BCUT2D eigenvalue weighted by Crippen LogP contribution is -2.36. The van der Waals surface area contributed by atoms with Gasteiger partial charge in [0, 0.05) is 41.1 Å². The molecule has 5 heteroatoms. The minimum atomic E-state index is 0.0970. The van der Waals surface area contributed by atoms with Crippen LogP contribution in [0.3, 0.4) is 0 Å². The first-order valence-electron chi connectivity index (χ1n) is 6.47. The van der Waals surface area contributed by atoms with E-state index in [2.05, 4.69) is 49.2 Å². The Morgan fingerprint density at radius 1 is 1.47 bits per heavy atom. The summed E-state index contributed by atoms with van der Waals surface area (Å²) in [4.78, 5) is 4.96. The summed E-state index contributed by atoms with van der Waals surface area (Å²) in [5.41, 5.74) is 7.39. The van der Waals surface area contributed by atoms with Gasteiger partial charge >= 0.3 is 0 Å². The number of hydrogen-bond donors (Lipinski definition) is 1. The minimum absolute atomic E-state index is 0.0970. The molecule has 0 aliphatic carbocycles. The number of nitrogens with zero attached hydrogens (tertiary/aromatic N) is 3. The van der Waals surface area contributed by atoms with Crippen LogP contribution in [0.25, 0.3) is 0 Å². The van der Waals surface area contributed by atoms with Crippen LogP contribution in [0.5, 0.6) is 0 Å². The normalized spacial score (nSPS) is 14.8. The lowest BCUT2D eigenvalue weighted by molar-refractivity contribution is 0.214. The fraction of sp³-hybridized carbons (Fsp3) is 0.500. The lowest BCUT2D eigenvalue weighted by atomic mass is 10.1. The van der Waals surface area contributed by atoms with Crippen molar-refractivity contribution in [3.8, 4) is 0 Å². The zero-order chi connectivity index (χ0) is 14.0. The number of nitrogens with two attached hydrogens (primary N) is 1. The van der Waals surface area contributed by atoms with Crippen LogP contribution < -0.4 is 5.73 Å². The Balaban J connectivity index is 2.15. The molecule has 0 saturated carbocycles. The molecule has 2 atom stereocenters. The highest BCUT2D eigenvalue weighted by atomic mass is 32.1. The highest BCUT2D eigenvalue weighted by Crippen LogP contribution is 2.29. The zero-order valence-corrected chi connectivity index (χ0v) is 12.8. The number of aryl methyl sites for hydroxylation is 2. The highest BCUT2D eigenvalue weighted by Gasteiger charge is 2.23. The Kier molecular flexibility index (Phi) is 4.39. The first kappa shape index (κ1) is 14.2. The first-order chi connectivity index (χ1) is 8.97.